The fourth-order valence-corrected chi connectivity index (χ4v) is 3.78. The minimum Gasteiger partial charge on any atom is -0.451 e. The van der Waals surface area contributed by atoms with E-state index >= 15 is 0 Å². The van der Waals surface area contributed by atoms with Crippen LogP contribution in [0.4, 0.5) is 4.39 Å². The number of carbonyl (C=O) groups is 1. The number of benzene rings is 2. The number of fused-ring (bicyclic) bond motifs is 1. The van der Waals surface area contributed by atoms with Crippen molar-refractivity contribution in [2.75, 3.05) is 13.2 Å². The highest BCUT2D eigenvalue weighted by Crippen LogP contribution is 2.29. The van der Waals surface area contributed by atoms with Crippen LogP contribution in [0.1, 0.15) is 34.5 Å². The van der Waals surface area contributed by atoms with Gasteiger partial charge >= 0.3 is 0 Å². The zero-order chi connectivity index (χ0) is 19.7. The quantitative estimate of drug-likeness (QED) is 0.578. The van der Waals surface area contributed by atoms with Crippen molar-refractivity contribution < 1.29 is 18.3 Å². The molecule has 1 atom stereocenters. The van der Waals surface area contributed by atoms with Crippen molar-refractivity contribution >= 4 is 28.5 Å². The number of rotatable bonds is 5. The summed E-state index contributed by atoms with van der Waals surface area (Å²) in [6.07, 6.45) is 1.91. The summed E-state index contributed by atoms with van der Waals surface area (Å²) < 4.78 is 24.8. The standard InChI is InChI=1S/C22H21ClFNO3/c1-14-19-11-16(23)6-9-20(19)28-21(14)22(26)25(13-18-3-2-10-27-18)12-15-4-7-17(24)8-5-15/h4-9,11,18H,2-3,10,12-13H2,1H3. The van der Waals surface area contributed by atoms with Gasteiger partial charge in [-0.05, 0) is 55.7 Å². The Morgan fingerprint density at radius 1 is 1.25 bits per heavy atom. The molecular formula is C22H21ClFNO3. The second-order valence-corrected chi connectivity index (χ2v) is 7.58. The minimum atomic E-state index is -0.300. The highest BCUT2D eigenvalue weighted by Gasteiger charge is 2.27. The monoisotopic (exact) mass is 401 g/mol. The van der Waals surface area contributed by atoms with Crippen LogP contribution in [0.15, 0.2) is 46.9 Å². The molecule has 1 saturated heterocycles. The Morgan fingerprint density at radius 3 is 2.75 bits per heavy atom. The van der Waals surface area contributed by atoms with Gasteiger partial charge < -0.3 is 14.1 Å². The molecule has 0 N–H and O–H groups in total. The van der Waals surface area contributed by atoms with Gasteiger partial charge in [-0.3, -0.25) is 4.79 Å². The SMILES string of the molecule is Cc1c(C(=O)N(Cc2ccc(F)cc2)CC2CCCO2)oc2ccc(Cl)cc12. The number of nitrogens with zero attached hydrogens (tertiary/aromatic N) is 1. The van der Waals surface area contributed by atoms with Crippen LogP contribution >= 0.6 is 11.6 Å². The van der Waals surface area contributed by atoms with Crippen LogP contribution in [0, 0.1) is 12.7 Å². The van der Waals surface area contributed by atoms with Crippen molar-refractivity contribution in [2.45, 2.75) is 32.4 Å². The smallest absolute Gasteiger partial charge is 0.290 e. The molecule has 1 aliphatic rings. The molecule has 0 spiro atoms. The molecule has 0 aliphatic carbocycles. The number of ether oxygens (including phenoxy) is 1. The summed E-state index contributed by atoms with van der Waals surface area (Å²) in [5.41, 5.74) is 2.24. The number of aryl methyl sites for hydroxylation is 1. The third-order valence-corrected chi connectivity index (χ3v) is 5.35. The Morgan fingerprint density at radius 2 is 2.04 bits per heavy atom. The summed E-state index contributed by atoms with van der Waals surface area (Å²) in [4.78, 5) is 15.1. The van der Waals surface area contributed by atoms with E-state index in [2.05, 4.69) is 0 Å². The average molecular weight is 402 g/mol. The van der Waals surface area contributed by atoms with Gasteiger partial charge in [0, 0.05) is 35.7 Å². The van der Waals surface area contributed by atoms with Crippen molar-refractivity contribution in [3.63, 3.8) is 0 Å². The van der Waals surface area contributed by atoms with Gasteiger partial charge in [-0.2, -0.15) is 0 Å². The van der Waals surface area contributed by atoms with Crippen LogP contribution in [-0.4, -0.2) is 30.1 Å². The topological polar surface area (TPSA) is 42.7 Å². The molecule has 2 heterocycles. The van der Waals surface area contributed by atoms with E-state index in [0.717, 1.165) is 29.4 Å². The van der Waals surface area contributed by atoms with Gasteiger partial charge in [0.25, 0.3) is 5.91 Å². The number of halogens is 2. The van der Waals surface area contributed by atoms with Crippen molar-refractivity contribution in [2.24, 2.45) is 0 Å². The lowest BCUT2D eigenvalue weighted by atomic mass is 10.1. The zero-order valence-corrected chi connectivity index (χ0v) is 16.3. The van der Waals surface area contributed by atoms with E-state index in [1.54, 1.807) is 35.2 Å². The van der Waals surface area contributed by atoms with Gasteiger partial charge in [0.2, 0.25) is 0 Å². The first-order chi connectivity index (χ1) is 13.5. The van der Waals surface area contributed by atoms with E-state index in [0.29, 0.717) is 36.1 Å². The zero-order valence-electron chi connectivity index (χ0n) is 15.6. The summed E-state index contributed by atoms with van der Waals surface area (Å²) in [6.45, 7) is 3.40. The third-order valence-electron chi connectivity index (χ3n) is 5.11. The van der Waals surface area contributed by atoms with Crippen LogP contribution in [0.25, 0.3) is 11.0 Å². The summed E-state index contributed by atoms with van der Waals surface area (Å²) in [5.74, 6) is -0.201. The summed E-state index contributed by atoms with van der Waals surface area (Å²) in [5, 5.41) is 1.42. The van der Waals surface area contributed by atoms with Crippen molar-refractivity contribution in [3.05, 3.63) is 70.2 Å². The molecule has 0 saturated carbocycles. The van der Waals surface area contributed by atoms with Crippen molar-refractivity contribution in [1.82, 2.24) is 4.90 Å². The molecule has 146 valence electrons. The Bertz CT molecular complexity index is 993. The number of amides is 1. The maximum absolute atomic E-state index is 13.3. The van der Waals surface area contributed by atoms with Crippen LogP contribution in [0.5, 0.6) is 0 Å². The highest BCUT2D eigenvalue weighted by atomic mass is 35.5. The molecule has 1 unspecified atom stereocenters. The van der Waals surface area contributed by atoms with E-state index in [9.17, 15) is 9.18 Å². The van der Waals surface area contributed by atoms with Crippen LogP contribution < -0.4 is 0 Å². The first kappa shape index (κ1) is 19.0. The number of carbonyl (C=O) groups excluding carboxylic acids is 1. The van der Waals surface area contributed by atoms with Gasteiger partial charge in [-0.1, -0.05) is 23.7 Å². The summed E-state index contributed by atoms with van der Waals surface area (Å²) in [6, 6.07) is 11.5. The number of furan rings is 1. The van der Waals surface area contributed by atoms with E-state index in [4.69, 9.17) is 20.8 Å². The number of hydrogen-bond acceptors (Lipinski definition) is 3. The molecule has 1 amide bonds. The summed E-state index contributed by atoms with van der Waals surface area (Å²) in [7, 11) is 0. The molecule has 28 heavy (non-hydrogen) atoms. The lowest BCUT2D eigenvalue weighted by molar-refractivity contribution is 0.0485. The molecule has 2 aromatic carbocycles. The lowest BCUT2D eigenvalue weighted by Gasteiger charge is -2.25. The predicted octanol–water partition coefficient (Wildman–Crippen LogP) is 5.36. The Hall–Kier alpha value is -2.37. The number of hydrogen-bond donors (Lipinski definition) is 0. The molecule has 1 aromatic heterocycles. The Balaban J connectivity index is 1.65. The van der Waals surface area contributed by atoms with E-state index in [1.165, 1.54) is 12.1 Å². The van der Waals surface area contributed by atoms with Gasteiger partial charge in [-0.15, -0.1) is 0 Å². The lowest BCUT2D eigenvalue weighted by Crippen LogP contribution is -2.37. The third kappa shape index (κ3) is 3.91. The van der Waals surface area contributed by atoms with Gasteiger partial charge in [0.1, 0.15) is 11.4 Å². The minimum absolute atomic E-state index is 0.00327. The summed E-state index contributed by atoms with van der Waals surface area (Å²) >= 11 is 6.09. The fourth-order valence-electron chi connectivity index (χ4n) is 3.60. The second-order valence-electron chi connectivity index (χ2n) is 7.14. The highest BCUT2D eigenvalue weighted by molar-refractivity contribution is 6.31. The predicted molar refractivity (Wildman–Crippen MR) is 106 cm³/mol. The normalized spacial score (nSPS) is 16.6. The Labute approximate surface area is 167 Å². The molecule has 0 bridgehead atoms. The van der Waals surface area contributed by atoms with E-state index in [-0.39, 0.29) is 17.8 Å². The molecular weight excluding hydrogens is 381 g/mol. The van der Waals surface area contributed by atoms with Gasteiger partial charge in [-0.25, -0.2) is 4.39 Å². The largest absolute Gasteiger partial charge is 0.451 e. The van der Waals surface area contributed by atoms with Crippen molar-refractivity contribution in [3.8, 4) is 0 Å². The second kappa shape index (κ2) is 7.94. The molecule has 1 aliphatic heterocycles. The first-order valence-corrected chi connectivity index (χ1v) is 9.73. The maximum Gasteiger partial charge on any atom is 0.290 e. The molecule has 4 nitrogen and oxygen atoms in total. The fraction of sp³-hybridized carbons (Fsp3) is 0.318. The first-order valence-electron chi connectivity index (χ1n) is 9.35. The molecule has 4 rings (SSSR count). The van der Waals surface area contributed by atoms with E-state index < -0.39 is 0 Å². The van der Waals surface area contributed by atoms with E-state index in [1.807, 2.05) is 6.92 Å². The van der Waals surface area contributed by atoms with Gasteiger partial charge in [0.05, 0.1) is 6.10 Å². The maximum atomic E-state index is 13.3. The van der Waals surface area contributed by atoms with Crippen LogP contribution in [0.2, 0.25) is 5.02 Å². The molecule has 0 radical (unpaired) electrons. The average Bonchev–Trinajstić information content (AvgIpc) is 3.31. The van der Waals surface area contributed by atoms with Crippen molar-refractivity contribution in [1.29, 1.82) is 0 Å². The Kier molecular flexibility index (Phi) is 5.38. The van der Waals surface area contributed by atoms with Crippen LogP contribution in [0.3, 0.4) is 0 Å². The molecule has 1 fully saturated rings. The molecule has 6 heteroatoms. The molecule has 3 aromatic rings. The van der Waals surface area contributed by atoms with Gasteiger partial charge in [0.15, 0.2) is 5.76 Å². The van der Waals surface area contributed by atoms with Crippen LogP contribution in [-0.2, 0) is 11.3 Å².